The summed E-state index contributed by atoms with van der Waals surface area (Å²) in [6.45, 7) is 0. The van der Waals surface area contributed by atoms with Gasteiger partial charge in [0.15, 0.2) is 0 Å². The van der Waals surface area contributed by atoms with Gasteiger partial charge >= 0.3 is 0 Å². The molecule has 5 nitrogen and oxygen atoms in total. The molecule has 2 aromatic rings. The van der Waals surface area contributed by atoms with Crippen molar-refractivity contribution >= 4 is 34.8 Å². The average molecular weight is 380 g/mol. The Balaban J connectivity index is 1.61. The normalized spacial score (nSPS) is 20.1. The van der Waals surface area contributed by atoms with Gasteiger partial charge < -0.3 is 15.8 Å². The number of carbonyl (C=O) groups is 1. The van der Waals surface area contributed by atoms with Gasteiger partial charge in [0.1, 0.15) is 10.8 Å². The first-order valence-electron chi connectivity index (χ1n) is 8.16. The van der Waals surface area contributed by atoms with Crippen LogP contribution in [-0.2, 0) is 4.79 Å². The van der Waals surface area contributed by atoms with Crippen LogP contribution in [0.25, 0.3) is 0 Å². The molecule has 0 spiro atoms. The molecule has 25 heavy (non-hydrogen) atoms. The van der Waals surface area contributed by atoms with Gasteiger partial charge in [-0.25, -0.2) is 4.98 Å². The number of benzene rings is 1. The van der Waals surface area contributed by atoms with Gasteiger partial charge in [0, 0.05) is 23.8 Å². The molecule has 3 rings (SSSR count). The van der Waals surface area contributed by atoms with Gasteiger partial charge in [0.05, 0.1) is 5.02 Å². The van der Waals surface area contributed by atoms with Crippen molar-refractivity contribution in [2.24, 2.45) is 11.7 Å². The maximum atomic E-state index is 12.3. The average Bonchev–Trinajstić information content (AvgIpc) is 2.59. The van der Waals surface area contributed by atoms with Crippen molar-refractivity contribution in [1.82, 2.24) is 4.98 Å². The number of nitrogens with one attached hydrogen (secondary N) is 1. The van der Waals surface area contributed by atoms with E-state index in [1.54, 1.807) is 30.3 Å². The van der Waals surface area contributed by atoms with E-state index >= 15 is 0 Å². The molecule has 3 N–H and O–H groups in total. The SMILES string of the molecule is NC1CCCC(C(=O)Nc2ccc(Oc3ncc(Cl)cc3Cl)cc2)C1. The molecule has 1 fully saturated rings. The number of nitrogens with two attached hydrogens (primary N) is 1. The highest BCUT2D eigenvalue weighted by atomic mass is 35.5. The number of hydrogen-bond acceptors (Lipinski definition) is 4. The Morgan fingerprint density at radius 3 is 2.68 bits per heavy atom. The van der Waals surface area contributed by atoms with Crippen LogP contribution < -0.4 is 15.8 Å². The standard InChI is InChI=1S/C18H19Cl2N3O2/c19-12-9-16(20)18(22-10-12)25-15-6-4-14(5-7-15)23-17(24)11-2-1-3-13(21)8-11/h4-7,9-11,13H,1-3,8,21H2,(H,23,24). The van der Waals surface area contributed by atoms with Crippen LogP contribution in [-0.4, -0.2) is 16.9 Å². The van der Waals surface area contributed by atoms with Crippen molar-refractivity contribution in [2.75, 3.05) is 5.32 Å². The molecule has 1 amide bonds. The van der Waals surface area contributed by atoms with Crippen LogP contribution >= 0.6 is 23.2 Å². The number of ether oxygens (including phenoxy) is 1. The van der Waals surface area contributed by atoms with Gasteiger partial charge in [-0.05, 0) is 49.6 Å². The molecule has 132 valence electrons. The van der Waals surface area contributed by atoms with Crippen LogP contribution in [0.2, 0.25) is 10.0 Å². The molecule has 1 aromatic carbocycles. The van der Waals surface area contributed by atoms with Crippen LogP contribution in [0.15, 0.2) is 36.5 Å². The fourth-order valence-corrected chi connectivity index (χ4v) is 3.32. The second kappa shape index (κ2) is 8.04. The number of pyridine rings is 1. The molecule has 2 atom stereocenters. The molecular weight excluding hydrogens is 361 g/mol. The number of aromatic nitrogens is 1. The molecule has 7 heteroatoms. The monoisotopic (exact) mass is 379 g/mol. The zero-order chi connectivity index (χ0) is 17.8. The van der Waals surface area contributed by atoms with E-state index in [0.29, 0.717) is 21.5 Å². The predicted molar refractivity (Wildman–Crippen MR) is 99.3 cm³/mol. The number of halogens is 2. The molecule has 0 aliphatic heterocycles. The molecule has 1 aliphatic rings. The molecule has 2 unspecified atom stereocenters. The summed E-state index contributed by atoms with van der Waals surface area (Å²) >= 11 is 11.8. The van der Waals surface area contributed by atoms with Gasteiger partial charge in [0.25, 0.3) is 0 Å². The first-order valence-corrected chi connectivity index (χ1v) is 8.92. The maximum absolute atomic E-state index is 12.3. The Kier molecular flexibility index (Phi) is 5.78. The van der Waals surface area contributed by atoms with E-state index in [0.717, 1.165) is 25.7 Å². The Morgan fingerprint density at radius 1 is 1.24 bits per heavy atom. The van der Waals surface area contributed by atoms with E-state index < -0.39 is 0 Å². The van der Waals surface area contributed by atoms with Gasteiger partial charge in [-0.3, -0.25) is 4.79 Å². The smallest absolute Gasteiger partial charge is 0.238 e. The molecular formula is C18H19Cl2N3O2. The minimum absolute atomic E-state index is 0.0169. The number of nitrogens with zero attached hydrogens (tertiary/aromatic N) is 1. The third-order valence-corrected chi connectivity index (χ3v) is 4.67. The quantitative estimate of drug-likeness (QED) is 0.810. The third-order valence-electron chi connectivity index (χ3n) is 4.20. The second-order valence-corrected chi connectivity index (χ2v) is 7.02. The lowest BCUT2D eigenvalue weighted by Crippen LogP contribution is -2.34. The molecule has 1 heterocycles. The van der Waals surface area contributed by atoms with Crippen LogP contribution in [0, 0.1) is 5.92 Å². The summed E-state index contributed by atoms with van der Waals surface area (Å²) < 4.78 is 5.62. The van der Waals surface area contributed by atoms with E-state index in [1.165, 1.54) is 6.20 Å². The summed E-state index contributed by atoms with van der Waals surface area (Å²) in [6.07, 6.45) is 5.10. The van der Waals surface area contributed by atoms with Crippen molar-refractivity contribution in [1.29, 1.82) is 0 Å². The number of anilines is 1. The van der Waals surface area contributed by atoms with Crippen LogP contribution in [0.1, 0.15) is 25.7 Å². The van der Waals surface area contributed by atoms with Crippen molar-refractivity contribution in [2.45, 2.75) is 31.7 Å². The van der Waals surface area contributed by atoms with Crippen LogP contribution in [0.5, 0.6) is 11.6 Å². The highest BCUT2D eigenvalue weighted by molar-refractivity contribution is 6.35. The fourth-order valence-electron chi connectivity index (χ4n) is 2.91. The summed E-state index contributed by atoms with van der Waals surface area (Å²) in [5.41, 5.74) is 6.66. The molecule has 1 aliphatic carbocycles. The van der Waals surface area contributed by atoms with Crippen molar-refractivity contribution in [3.8, 4) is 11.6 Å². The predicted octanol–water partition coefficient (Wildman–Crippen LogP) is 4.64. The van der Waals surface area contributed by atoms with Gasteiger partial charge in [0.2, 0.25) is 11.8 Å². The summed E-state index contributed by atoms with van der Waals surface area (Å²) in [6, 6.07) is 8.73. The lowest BCUT2D eigenvalue weighted by atomic mass is 9.85. The van der Waals surface area contributed by atoms with E-state index in [2.05, 4.69) is 10.3 Å². The number of amides is 1. The van der Waals surface area contributed by atoms with Crippen LogP contribution in [0.4, 0.5) is 5.69 Å². The minimum atomic E-state index is -0.0169. The Bertz CT molecular complexity index is 752. The van der Waals surface area contributed by atoms with Gasteiger partial charge in [-0.15, -0.1) is 0 Å². The maximum Gasteiger partial charge on any atom is 0.238 e. The first-order chi connectivity index (χ1) is 12.0. The topological polar surface area (TPSA) is 77.2 Å². The first kappa shape index (κ1) is 18.0. The number of carbonyl (C=O) groups excluding carboxylic acids is 1. The fraction of sp³-hybridized carbons (Fsp3) is 0.333. The molecule has 0 bridgehead atoms. The largest absolute Gasteiger partial charge is 0.438 e. The second-order valence-electron chi connectivity index (χ2n) is 6.18. The zero-order valence-corrected chi connectivity index (χ0v) is 15.1. The molecule has 0 radical (unpaired) electrons. The molecule has 1 saturated carbocycles. The Hall–Kier alpha value is -1.82. The minimum Gasteiger partial charge on any atom is -0.438 e. The van der Waals surface area contributed by atoms with Gasteiger partial charge in [-0.2, -0.15) is 0 Å². The van der Waals surface area contributed by atoms with Crippen LogP contribution in [0.3, 0.4) is 0 Å². The highest BCUT2D eigenvalue weighted by Crippen LogP contribution is 2.30. The lowest BCUT2D eigenvalue weighted by Gasteiger charge is -2.25. The van der Waals surface area contributed by atoms with Gasteiger partial charge in [-0.1, -0.05) is 29.6 Å². The number of rotatable bonds is 4. The third kappa shape index (κ3) is 4.84. The summed E-state index contributed by atoms with van der Waals surface area (Å²) in [5.74, 6) is 0.844. The van der Waals surface area contributed by atoms with E-state index in [4.69, 9.17) is 33.7 Å². The lowest BCUT2D eigenvalue weighted by molar-refractivity contribution is -0.120. The molecule has 1 aromatic heterocycles. The Morgan fingerprint density at radius 2 is 2.00 bits per heavy atom. The highest BCUT2D eigenvalue weighted by Gasteiger charge is 2.25. The summed E-state index contributed by atoms with van der Waals surface area (Å²) in [7, 11) is 0. The molecule has 0 saturated heterocycles. The van der Waals surface area contributed by atoms with Crippen molar-refractivity contribution in [3.05, 3.63) is 46.6 Å². The number of hydrogen-bond donors (Lipinski definition) is 2. The van der Waals surface area contributed by atoms with Crippen molar-refractivity contribution < 1.29 is 9.53 Å². The summed E-state index contributed by atoms with van der Waals surface area (Å²) in [4.78, 5) is 16.4. The van der Waals surface area contributed by atoms with E-state index in [1.807, 2.05) is 0 Å². The van der Waals surface area contributed by atoms with Crippen molar-refractivity contribution in [3.63, 3.8) is 0 Å². The van der Waals surface area contributed by atoms with E-state index in [-0.39, 0.29) is 23.7 Å². The summed E-state index contributed by atoms with van der Waals surface area (Å²) in [5, 5.41) is 3.71. The Labute approximate surface area is 156 Å². The zero-order valence-electron chi connectivity index (χ0n) is 13.5. The van der Waals surface area contributed by atoms with E-state index in [9.17, 15) is 4.79 Å².